The summed E-state index contributed by atoms with van der Waals surface area (Å²) in [6.45, 7) is 1.71. The molecule has 0 aromatic carbocycles. The number of aryl methyl sites for hydroxylation is 1. The minimum absolute atomic E-state index is 0.00851. The maximum Gasteiger partial charge on any atom is 0.347 e. The van der Waals surface area contributed by atoms with Gasteiger partial charge in [-0.25, -0.2) is 13.2 Å². The first-order valence-corrected chi connectivity index (χ1v) is 7.83. The van der Waals surface area contributed by atoms with Crippen LogP contribution in [0.1, 0.15) is 21.1 Å². The van der Waals surface area contributed by atoms with E-state index in [1.165, 1.54) is 18.5 Å². The van der Waals surface area contributed by atoms with Gasteiger partial charge in [-0.2, -0.15) is 4.31 Å². The van der Waals surface area contributed by atoms with Gasteiger partial charge in [0.2, 0.25) is 10.0 Å². The van der Waals surface area contributed by atoms with E-state index in [1.807, 2.05) is 0 Å². The van der Waals surface area contributed by atoms with Crippen molar-refractivity contribution in [3.63, 3.8) is 0 Å². The fourth-order valence-electron chi connectivity index (χ4n) is 1.63. The van der Waals surface area contributed by atoms with Gasteiger partial charge < -0.3 is 9.63 Å². The summed E-state index contributed by atoms with van der Waals surface area (Å²) in [5.74, 6) is -0.684. The molecule has 2 aromatic rings. The molecule has 0 saturated heterocycles. The summed E-state index contributed by atoms with van der Waals surface area (Å²) in [6, 6.07) is 2.91. The Morgan fingerprint density at radius 3 is 2.80 bits per heavy atom. The van der Waals surface area contributed by atoms with E-state index < -0.39 is 16.0 Å². The van der Waals surface area contributed by atoms with Crippen molar-refractivity contribution < 1.29 is 22.8 Å². The van der Waals surface area contributed by atoms with Gasteiger partial charge in [-0.3, -0.25) is 0 Å². The Hall–Kier alpha value is -1.71. The summed E-state index contributed by atoms with van der Waals surface area (Å²) in [4.78, 5) is 10.6. The second-order valence-electron chi connectivity index (χ2n) is 4.11. The summed E-state index contributed by atoms with van der Waals surface area (Å²) >= 11 is 0.873. The van der Waals surface area contributed by atoms with E-state index in [1.54, 1.807) is 13.0 Å². The van der Waals surface area contributed by atoms with Gasteiger partial charge in [0, 0.05) is 13.1 Å². The Morgan fingerprint density at radius 1 is 1.55 bits per heavy atom. The zero-order valence-corrected chi connectivity index (χ0v) is 12.4. The highest BCUT2D eigenvalue weighted by atomic mass is 32.2. The molecule has 108 valence electrons. The predicted molar refractivity (Wildman–Crippen MR) is 71.2 cm³/mol. The molecule has 0 aliphatic carbocycles. The van der Waals surface area contributed by atoms with Crippen LogP contribution < -0.4 is 0 Å². The smallest absolute Gasteiger partial charge is 0.347 e. The molecule has 0 spiro atoms. The van der Waals surface area contributed by atoms with Crippen molar-refractivity contribution in [3.05, 3.63) is 33.8 Å². The summed E-state index contributed by atoms with van der Waals surface area (Å²) in [7, 11) is -2.52. The van der Waals surface area contributed by atoms with E-state index in [0.29, 0.717) is 11.5 Å². The maximum atomic E-state index is 12.3. The van der Waals surface area contributed by atoms with Gasteiger partial charge in [0.05, 0.1) is 12.2 Å². The molecule has 2 rings (SSSR count). The number of aromatic nitrogens is 1. The topological polar surface area (TPSA) is 101 Å². The van der Waals surface area contributed by atoms with Crippen molar-refractivity contribution in [2.45, 2.75) is 18.4 Å². The van der Waals surface area contributed by atoms with Crippen LogP contribution in [0.25, 0.3) is 0 Å². The summed E-state index contributed by atoms with van der Waals surface area (Å²) < 4.78 is 30.6. The molecule has 0 atom stereocenters. The van der Waals surface area contributed by atoms with Crippen molar-refractivity contribution >= 4 is 27.3 Å². The second kappa shape index (κ2) is 5.35. The summed E-state index contributed by atoms with van der Waals surface area (Å²) in [6.07, 6.45) is 0. The zero-order chi connectivity index (χ0) is 14.9. The number of thiophene rings is 1. The predicted octanol–water partition coefficient (Wildman–Crippen LogP) is 1.56. The Labute approximate surface area is 119 Å². The van der Waals surface area contributed by atoms with Crippen LogP contribution in [-0.2, 0) is 16.6 Å². The van der Waals surface area contributed by atoms with Crippen molar-refractivity contribution in [2.24, 2.45) is 0 Å². The number of carboxylic acid groups (broad SMARTS) is 1. The maximum absolute atomic E-state index is 12.3. The zero-order valence-electron chi connectivity index (χ0n) is 10.7. The molecule has 2 aromatic heterocycles. The third-order valence-electron chi connectivity index (χ3n) is 2.57. The van der Waals surface area contributed by atoms with E-state index >= 15 is 0 Å². The van der Waals surface area contributed by atoms with Crippen molar-refractivity contribution in [1.29, 1.82) is 0 Å². The number of nitrogens with zero attached hydrogens (tertiary/aromatic N) is 2. The first kappa shape index (κ1) is 14.7. The van der Waals surface area contributed by atoms with E-state index in [0.717, 1.165) is 15.6 Å². The molecular formula is C11H12N2O5S2. The highest BCUT2D eigenvalue weighted by molar-refractivity contribution is 7.89. The standard InChI is InChI=1S/C11H12N2O5S2/c1-7-5-8(12-18-7)6-13(2)20(16,17)9-3-4-19-10(9)11(14)15/h3-5H,6H2,1-2H3,(H,14,15). The lowest BCUT2D eigenvalue weighted by atomic mass is 10.4. The van der Waals surface area contributed by atoms with Crippen LogP contribution in [0.3, 0.4) is 0 Å². The normalized spacial score (nSPS) is 11.9. The molecule has 0 saturated carbocycles. The van der Waals surface area contributed by atoms with Gasteiger partial charge in [-0.1, -0.05) is 5.16 Å². The van der Waals surface area contributed by atoms with Crippen LogP contribution in [0.2, 0.25) is 0 Å². The lowest BCUT2D eigenvalue weighted by molar-refractivity contribution is 0.0698. The average molecular weight is 316 g/mol. The second-order valence-corrected chi connectivity index (χ2v) is 7.04. The van der Waals surface area contributed by atoms with Crippen LogP contribution in [0.5, 0.6) is 0 Å². The van der Waals surface area contributed by atoms with Crippen molar-refractivity contribution in [3.8, 4) is 0 Å². The molecule has 9 heteroatoms. The van der Waals surface area contributed by atoms with Gasteiger partial charge in [-0.15, -0.1) is 11.3 Å². The first-order chi connectivity index (χ1) is 9.32. The summed E-state index contributed by atoms with van der Waals surface area (Å²) in [5, 5.41) is 14.1. The number of hydrogen-bond acceptors (Lipinski definition) is 6. The van der Waals surface area contributed by atoms with Crippen LogP contribution >= 0.6 is 11.3 Å². The molecule has 1 N–H and O–H groups in total. The van der Waals surface area contributed by atoms with Gasteiger partial charge in [0.1, 0.15) is 15.5 Å². The number of sulfonamides is 1. The lowest BCUT2D eigenvalue weighted by Gasteiger charge is -2.15. The number of rotatable bonds is 5. The van der Waals surface area contributed by atoms with Crippen LogP contribution in [0.4, 0.5) is 0 Å². The fourth-order valence-corrected chi connectivity index (χ4v) is 4.00. The molecule has 0 amide bonds. The number of hydrogen-bond donors (Lipinski definition) is 1. The quantitative estimate of drug-likeness (QED) is 0.898. The molecule has 2 heterocycles. The molecular weight excluding hydrogens is 304 g/mol. The Morgan fingerprint density at radius 2 is 2.25 bits per heavy atom. The van der Waals surface area contributed by atoms with Crippen LogP contribution in [0, 0.1) is 6.92 Å². The molecule has 0 aliphatic heterocycles. The Kier molecular flexibility index (Phi) is 3.93. The highest BCUT2D eigenvalue weighted by Gasteiger charge is 2.28. The van der Waals surface area contributed by atoms with Gasteiger partial charge in [0.25, 0.3) is 0 Å². The molecule has 0 fully saturated rings. The monoisotopic (exact) mass is 316 g/mol. The Bertz CT molecular complexity index is 732. The molecule has 0 bridgehead atoms. The van der Waals surface area contributed by atoms with E-state index in [9.17, 15) is 13.2 Å². The summed E-state index contributed by atoms with van der Waals surface area (Å²) in [5.41, 5.74) is 0.459. The fraction of sp³-hybridized carbons (Fsp3) is 0.273. The van der Waals surface area contributed by atoms with Crippen molar-refractivity contribution in [2.75, 3.05) is 7.05 Å². The third kappa shape index (κ3) is 2.74. The van der Waals surface area contributed by atoms with Crippen LogP contribution in [-0.4, -0.2) is 36.0 Å². The molecule has 20 heavy (non-hydrogen) atoms. The molecule has 0 radical (unpaired) electrons. The van der Waals surface area contributed by atoms with E-state index in [2.05, 4.69) is 5.16 Å². The largest absolute Gasteiger partial charge is 0.477 e. The Balaban J connectivity index is 2.30. The minimum atomic E-state index is -3.88. The van der Waals surface area contributed by atoms with Crippen LogP contribution in [0.15, 0.2) is 26.9 Å². The molecule has 0 unspecified atom stereocenters. The van der Waals surface area contributed by atoms with Gasteiger partial charge in [0.15, 0.2) is 0 Å². The van der Waals surface area contributed by atoms with Gasteiger partial charge >= 0.3 is 5.97 Å². The third-order valence-corrected chi connectivity index (χ3v) is 5.45. The van der Waals surface area contributed by atoms with Crippen molar-refractivity contribution in [1.82, 2.24) is 9.46 Å². The first-order valence-electron chi connectivity index (χ1n) is 5.51. The number of aromatic carboxylic acids is 1. The lowest BCUT2D eigenvalue weighted by Crippen LogP contribution is -2.27. The highest BCUT2D eigenvalue weighted by Crippen LogP contribution is 2.25. The van der Waals surface area contributed by atoms with E-state index in [4.69, 9.17) is 9.63 Å². The van der Waals surface area contributed by atoms with Gasteiger partial charge in [-0.05, 0) is 18.4 Å². The average Bonchev–Trinajstić information content (AvgIpc) is 2.98. The number of carboxylic acids is 1. The SMILES string of the molecule is Cc1cc(CN(C)S(=O)(=O)c2ccsc2C(=O)O)no1. The molecule has 0 aliphatic rings. The number of carbonyl (C=O) groups is 1. The van der Waals surface area contributed by atoms with E-state index in [-0.39, 0.29) is 16.3 Å². The minimum Gasteiger partial charge on any atom is -0.477 e. The molecule has 7 nitrogen and oxygen atoms in total.